The van der Waals surface area contributed by atoms with Gasteiger partial charge in [-0.2, -0.15) is 0 Å². The molecule has 3 rings (SSSR count). The number of methoxy groups -OCH3 is 1. The number of benzene rings is 1. The summed E-state index contributed by atoms with van der Waals surface area (Å²) in [5.74, 6) is -0.529. The minimum atomic E-state index is -0.451. The number of rotatable bonds is 4. The normalized spacial score (nSPS) is 24.3. The van der Waals surface area contributed by atoms with Gasteiger partial charge in [0, 0.05) is 5.92 Å². The average molecular weight is 339 g/mol. The lowest BCUT2D eigenvalue weighted by Gasteiger charge is -2.36. The predicted molar refractivity (Wildman–Crippen MR) is 94.6 cm³/mol. The van der Waals surface area contributed by atoms with E-state index in [9.17, 15) is 9.59 Å². The number of carbonyl (C=O) groups excluding carboxylic acids is 2. The maximum absolute atomic E-state index is 12.3. The van der Waals surface area contributed by atoms with E-state index in [0.29, 0.717) is 12.2 Å². The van der Waals surface area contributed by atoms with Crippen LogP contribution in [0.15, 0.2) is 60.2 Å². The minimum absolute atomic E-state index is 0.131. The van der Waals surface area contributed by atoms with Crippen LogP contribution in [0.4, 0.5) is 4.79 Å². The van der Waals surface area contributed by atoms with Gasteiger partial charge < -0.3 is 9.47 Å². The Balaban J connectivity index is 1.94. The molecule has 2 aliphatic rings. The highest BCUT2D eigenvalue weighted by Crippen LogP contribution is 2.36. The third-order valence-electron chi connectivity index (χ3n) is 4.40. The van der Waals surface area contributed by atoms with Crippen molar-refractivity contribution in [1.29, 1.82) is 0 Å². The molecule has 0 aromatic heterocycles. The Morgan fingerprint density at radius 1 is 1.20 bits per heavy atom. The summed E-state index contributed by atoms with van der Waals surface area (Å²) < 4.78 is 10.1. The molecule has 130 valence electrons. The molecule has 5 heteroatoms. The fraction of sp³-hybridized carbons (Fsp3) is 0.300. The number of ether oxygens (including phenoxy) is 2. The molecule has 0 fully saturated rings. The number of esters is 1. The van der Waals surface area contributed by atoms with Gasteiger partial charge in [0.25, 0.3) is 0 Å². The van der Waals surface area contributed by atoms with E-state index >= 15 is 0 Å². The van der Waals surface area contributed by atoms with Crippen LogP contribution in [-0.2, 0) is 14.3 Å². The Kier molecular flexibility index (Phi) is 5.03. The summed E-state index contributed by atoms with van der Waals surface area (Å²) in [6.07, 6.45) is 9.25. The molecule has 0 saturated heterocycles. The molecule has 2 aliphatic heterocycles. The van der Waals surface area contributed by atoms with E-state index in [1.165, 1.54) is 7.11 Å². The van der Waals surface area contributed by atoms with Gasteiger partial charge >= 0.3 is 12.1 Å². The Labute approximate surface area is 147 Å². The van der Waals surface area contributed by atoms with Crippen molar-refractivity contribution in [3.8, 4) is 0 Å². The zero-order valence-electron chi connectivity index (χ0n) is 14.3. The molecule has 0 saturated carbocycles. The Bertz CT molecular complexity index is 735. The van der Waals surface area contributed by atoms with E-state index < -0.39 is 18.1 Å². The molecule has 0 spiro atoms. The number of nitrogens with zero attached hydrogens (tertiary/aromatic N) is 1. The van der Waals surface area contributed by atoms with E-state index in [0.717, 1.165) is 5.56 Å². The summed E-state index contributed by atoms with van der Waals surface area (Å²) in [4.78, 5) is 26.2. The molecular weight excluding hydrogens is 318 g/mol. The highest BCUT2D eigenvalue weighted by Gasteiger charge is 2.44. The first-order valence-corrected chi connectivity index (χ1v) is 8.32. The first-order valence-electron chi connectivity index (χ1n) is 8.32. The lowest BCUT2D eigenvalue weighted by molar-refractivity contribution is -0.139. The van der Waals surface area contributed by atoms with E-state index in [-0.39, 0.29) is 12.0 Å². The first-order chi connectivity index (χ1) is 12.2. The van der Waals surface area contributed by atoms with E-state index in [2.05, 4.69) is 0 Å². The lowest BCUT2D eigenvalue weighted by atomic mass is 9.90. The lowest BCUT2D eigenvalue weighted by Crippen LogP contribution is -2.49. The summed E-state index contributed by atoms with van der Waals surface area (Å²) in [6.45, 7) is 2.05. The molecule has 3 atom stereocenters. The molecule has 0 N–H and O–H groups in total. The van der Waals surface area contributed by atoms with Gasteiger partial charge in [-0.1, -0.05) is 60.7 Å². The third kappa shape index (κ3) is 3.36. The van der Waals surface area contributed by atoms with Gasteiger partial charge in [0.1, 0.15) is 0 Å². The SMILES string of the molecule is CCOC(=O)C1=C[C@H](/C=C/c2ccccc2)[C@@H]2C=C[C@H]1N2C(=O)OC. The molecule has 2 heterocycles. The fourth-order valence-corrected chi connectivity index (χ4v) is 3.26. The van der Waals surface area contributed by atoms with Crippen molar-refractivity contribution >= 4 is 18.1 Å². The molecule has 0 radical (unpaired) electrons. The topological polar surface area (TPSA) is 55.8 Å². The van der Waals surface area contributed by atoms with Crippen LogP contribution in [0.1, 0.15) is 12.5 Å². The number of amides is 1. The van der Waals surface area contributed by atoms with E-state index in [1.54, 1.807) is 11.8 Å². The quantitative estimate of drug-likeness (QED) is 0.624. The molecule has 2 bridgehead atoms. The van der Waals surface area contributed by atoms with Crippen molar-refractivity contribution in [2.45, 2.75) is 19.0 Å². The molecule has 25 heavy (non-hydrogen) atoms. The minimum Gasteiger partial charge on any atom is -0.463 e. The second-order valence-corrected chi connectivity index (χ2v) is 5.89. The van der Waals surface area contributed by atoms with Crippen molar-refractivity contribution in [2.75, 3.05) is 13.7 Å². The van der Waals surface area contributed by atoms with E-state index in [4.69, 9.17) is 9.47 Å². The average Bonchev–Trinajstić information content (AvgIpc) is 2.98. The third-order valence-corrected chi connectivity index (χ3v) is 4.40. The molecule has 5 nitrogen and oxygen atoms in total. The zero-order valence-corrected chi connectivity index (χ0v) is 14.3. The van der Waals surface area contributed by atoms with E-state index in [1.807, 2.05) is 60.7 Å². The maximum Gasteiger partial charge on any atom is 0.410 e. The Morgan fingerprint density at radius 2 is 1.96 bits per heavy atom. The number of hydrogen-bond acceptors (Lipinski definition) is 4. The van der Waals surface area contributed by atoms with Crippen LogP contribution in [0.5, 0.6) is 0 Å². The van der Waals surface area contributed by atoms with Gasteiger partial charge in [-0.25, -0.2) is 9.59 Å². The Hall–Kier alpha value is -2.82. The highest BCUT2D eigenvalue weighted by molar-refractivity contribution is 5.92. The molecule has 1 amide bonds. The predicted octanol–water partition coefficient (Wildman–Crippen LogP) is 3.19. The summed E-state index contributed by atoms with van der Waals surface area (Å²) in [5.41, 5.74) is 1.53. The van der Waals surface area contributed by atoms with Crippen molar-refractivity contribution in [1.82, 2.24) is 4.90 Å². The second kappa shape index (κ2) is 7.38. The molecule has 0 unspecified atom stereocenters. The molecule has 1 aromatic carbocycles. The summed E-state index contributed by atoms with van der Waals surface area (Å²) in [6, 6.07) is 9.29. The van der Waals surface area contributed by atoms with Gasteiger partial charge in [-0.15, -0.1) is 0 Å². The maximum atomic E-state index is 12.3. The Morgan fingerprint density at radius 3 is 2.64 bits per heavy atom. The second-order valence-electron chi connectivity index (χ2n) is 5.89. The first kappa shape index (κ1) is 17.0. The van der Waals surface area contributed by atoms with Gasteiger partial charge in [0.2, 0.25) is 0 Å². The molecular formula is C20H21NO4. The van der Waals surface area contributed by atoms with Crippen LogP contribution in [0.3, 0.4) is 0 Å². The number of hydrogen-bond donors (Lipinski definition) is 0. The standard InChI is InChI=1S/C20H21NO4/c1-3-25-19(22)16-13-15(10-9-14-7-5-4-6-8-14)17-11-12-18(16)21(17)20(23)24-2/h4-13,15,17-18H,3H2,1-2H3/b10-9+/t15-,17-,18+/m0/s1. The summed E-state index contributed by atoms with van der Waals surface area (Å²) in [7, 11) is 1.35. The molecule has 1 aromatic rings. The largest absolute Gasteiger partial charge is 0.463 e. The van der Waals surface area contributed by atoms with Crippen LogP contribution in [0.2, 0.25) is 0 Å². The molecule has 0 aliphatic carbocycles. The summed E-state index contributed by atoms with van der Waals surface area (Å²) in [5, 5.41) is 0. The van der Waals surface area contributed by atoms with Crippen LogP contribution < -0.4 is 0 Å². The zero-order chi connectivity index (χ0) is 17.8. The van der Waals surface area contributed by atoms with Crippen molar-refractivity contribution in [2.24, 2.45) is 5.92 Å². The number of carbonyl (C=O) groups is 2. The van der Waals surface area contributed by atoms with Gasteiger partial charge in [-0.05, 0) is 12.5 Å². The van der Waals surface area contributed by atoms with Crippen molar-refractivity contribution in [3.63, 3.8) is 0 Å². The van der Waals surface area contributed by atoms with Crippen molar-refractivity contribution in [3.05, 3.63) is 65.8 Å². The van der Waals surface area contributed by atoms with Crippen LogP contribution in [0, 0.1) is 5.92 Å². The van der Waals surface area contributed by atoms with Crippen LogP contribution in [-0.4, -0.2) is 42.8 Å². The van der Waals surface area contributed by atoms with Gasteiger partial charge in [0.15, 0.2) is 0 Å². The van der Waals surface area contributed by atoms with Crippen LogP contribution >= 0.6 is 0 Å². The van der Waals surface area contributed by atoms with Gasteiger partial charge in [-0.3, -0.25) is 4.90 Å². The smallest absolute Gasteiger partial charge is 0.410 e. The fourth-order valence-electron chi connectivity index (χ4n) is 3.26. The highest BCUT2D eigenvalue weighted by atomic mass is 16.5. The summed E-state index contributed by atoms with van der Waals surface area (Å²) >= 11 is 0. The monoisotopic (exact) mass is 339 g/mol. The van der Waals surface area contributed by atoms with Crippen molar-refractivity contribution < 1.29 is 19.1 Å². The van der Waals surface area contributed by atoms with Crippen LogP contribution in [0.25, 0.3) is 6.08 Å². The van der Waals surface area contributed by atoms with Gasteiger partial charge in [0.05, 0.1) is 31.4 Å². The number of fused-ring (bicyclic) bond motifs is 2.